The van der Waals surface area contributed by atoms with E-state index in [1.807, 2.05) is 32.2 Å². The number of fused-ring (bicyclic) bond motifs is 1. The van der Waals surface area contributed by atoms with E-state index < -0.39 is 73.9 Å². The topological polar surface area (TPSA) is 169 Å². The van der Waals surface area contributed by atoms with Crippen molar-refractivity contribution in [2.45, 2.75) is 126 Å². The molecule has 3 N–H and O–H groups in total. The first kappa shape index (κ1) is 48.4. The number of likely N-dealkylation sites (tertiary alicyclic amines) is 1. The van der Waals surface area contributed by atoms with Crippen molar-refractivity contribution in [3.8, 4) is 22.2 Å². The number of carbonyl (C=O) groups excluding carboxylic acids is 3. The molecule has 66 heavy (non-hydrogen) atoms. The maximum atomic E-state index is 15.0. The molecular formula is C48H57F3N6O7S2. The van der Waals surface area contributed by atoms with E-state index in [1.165, 1.54) is 34.4 Å². The summed E-state index contributed by atoms with van der Waals surface area (Å²) in [5.41, 5.74) is 0.614. The summed E-state index contributed by atoms with van der Waals surface area (Å²) in [6.07, 6.45) is 1.94. The van der Waals surface area contributed by atoms with E-state index >= 15 is 0 Å². The Morgan fingerprint density at radius 2 is 1.77 bits per heavy atom. The molecule has 2 aromatic heterocycles. The number of hydrogen-bond acceptors (Lipinski definition) is 11. The van der Waals surface area contributed by atoms with Gasteiger partial charge < -0.3 is 25.0 Å². The number of nitrogens with one attached hydrogen (secondary N) is 3. The van der Waals surface area contributed by atoms with Crippen molar-refractivity contribution in [2.24, 2.45) is 5.92 Å². The van der Waals surface area contributed by atoms with Gasteiger partial charge in [0, 0.05) is 40.4 Å². The highest BCUT2D eigenvalue weighted by Gasteiger charge is 2.63. The van der Waals surface area contributed by atoms with Gasteiger partial charge in [0.2, 0.25) is 21.8 Å². The number of halogens is 3. The van der Waals surface area contributed by atoms with Crippen molar-refractivity contribution in [1.29, 1.82) is 0 Å². The van der Waals surface area contributed by atoms with Crippen molar-refractivity contribution >= 4 is 55.7 Å². The quantitative estimate of drug-likeness (QED) is 0.0575. The molecule has 3 aliphatic rings. The predicted molar refractivity (Wildman–Crippen MR) is 249 cm³/mol. The number of benzene rings is 2. The van der Waals surface area contributed by atoms with Crippen LogP contribution in [0.3, 0.4) is 0 Å². The number of alkyl halides is 3. The van der Waals surface area contributed by atoms with Crippen LogP contribution in [0.2, 0.25) is 0 Å². The number of rotatable bonds is 20. The van der Waals surface area contributed by atoms with Crippen LogP contribution in [-0.2, 0) is 30.6 Å². The van der Waals surface area contributed by atoms with Crippen LogP contribution in [0.25, 0.3) is 21.6 Å². The molecule has 354 valence electrons. The zero-order chi connectivity index (χ0) is 47.8. The molecule has 18 heteroatoms. The Kier molecular flexibility index (Phi) is 14.0. The van der Waals surface area contributed by atoms with Gasteiger partial charge in [0.1, 0.15) is 45.9 Å². The van der Waals surface area contributed by atoms with E-state index in [2.05, 4.69) is 28.5 Å². The largest absolute Gasteiger partial charge is 0.496 e. The zero-order valence-corrected chi connectivity index (χ0v) is 39.4. The van der Waals surface area contributed by atoms with E-state index in [-0.39, 0.29) is 37.4 Å². The lowest BCUT2D eigenvalue weighted by molar-refractivity contribution is -0.140. The Morgan fingerprint density at radius 1 is 1.05 bits per heavy atom. The molecule has 4 aromatic rings. The lowest BCUT2D eigenvalue weighted by Crippen LogP contribution is -2.58. The van der Waals surface area contributed by atoms with Crippen molar-refractivity contribution < 1.29 is 45.4 Å². The van der Waals surface area contributed by atoms with Gasteiger partial charge in [0.25, 0.3) is 5.91 Å². The van der Waals surface area contributed by atoms with Gasteiger partial charge in [-0.3, -0.25) is 19.1 Å². The summed E-state index contributed by atoms with van der Waals surface area (Å²) in [5.74, 6) is -1.47. The number of sulfonamides is 1. The van der Waals surface area contributed by atoms with E-state index in [0.717, 1.165) is 42.7 Å². The number of carbonyl (C=O) groups is 3. The highest BCUT2D eigenvalue weighted by atomic mass is 32.2. The number of methoxy groups -OCH3 is 1. The fraction of sp³-hybridized carbons (Fsp3) is 0.479. The fourth-order valence-corrected chi connectivity index (χ4v) is 10.6. The van der Waals surface area contributed by atoms with Crippen LogP contribution >= 0.6 is 11.3 Å². The maximum absolute atomic E-state index is 15.0. The molecule has 1 aliphatic heterocycles. The number of allylic oxidation sites excluding steroid dienone is 1. The average Bonchev–Trinajstić information content (AvgIpc) is 4.06. The Bertz CT molecular complexity index is 2610. The zero-order valence-electron chi connectivity index (χ0n) is 37.8. The van der Waals surface area contributed by atoms with Gasteiger partial charge in [-0.05, 0) is 94.7 Å². The number of ether oxygens (including phenoxy) is 2. The van der Waals surface area contributed by atoms with Crippen LogP contribution in [0.5, 0.6) is 11.5 Å². The second kappa shape index (κ2) is 19.0. The monoisotopic (exact) mass is 950 g/mol. The van der Waals surface area contributed by atoms with Crippen molar-refractivity contribution in [3.63, 3.8) is 0 Å². The summed E-state index contributed by atoms with van der Waals surface area (Å²) in [5, 5.41) is 9.28. The Hall–Kier alpha value is -5.49. The number of hydrogen-bond donors (Lipinski definition) is 3. The van der Waals surface area contributed by atoms with E-state index in [0.29, 0.717) is 52.4 Å². The molecule has 3 amide bonds. The number of unbranched alkanes of at least 4 members (excludes halogenated alkanes) is 3. The normalized spacial score (nSPS) is 21.5. The first-order valence-electron chi connectivity index (χ1n) is 22.2. The molecule has 2 aromatic carbocycles. The lowest BCUT2D eigenvalue weighted by atomic mass is 10.0. The molecule has 5 atom stereocenters. The molecule has 0 spiro atoms. The van der Waals surface area contributed by atoms with Gasteiger partial charge in [-0.15, -0.1) is 24.5 Å². The van der Waals surface area contributed by atoms with Gasteiger partial charge in [-0.2, -0.15) is 13.2 Å². The molecule has 2 aliphatic carbocycles. The Labute approximate surface area is 387 Å². The van der Waals surface area contributed by atoms with Gasteiger partial charge in [-0.25, -0.2) is 18.4 Å². The minimum atomic E-state index is -4.56. The fourth-order valence-electron chi connectivity index (χ4n) is 8.38. The van der Waals surface area contributed by atoms with E-state index in [9.17, 15) is 36.0 Å². The van der Waals surface area contributed by atoms with Crippen LogP contribution in [0.15, 0.2) is 73.2 Å². The Morgan fingerprint density at radius 3 is 2.38 bits per heavy atom. The summed E-state index contributed by atoms with van der Waals surface area (Å²) >= 11 is 1.44. The predicted octanol–water partition coefficient (Wildman–Crippen LogP) is 8.84. The second-order valence-corrected chi connectivity index (χ2v) is 21.2. The van der Waals surface area contributed by atoms with Crippen LogP contribution in [0, 0.1) is 12.8 Å². The molecule has 0 radical (unpaired) electrons. The van der Waals surface area contributed by atoms with Crippen molar-refractivity contribution in [3.05, 3.63) is 90.0 Å². The number of thiazole rings is 1. The Balaban J connectivity index is 1.24. The van der Waals surface area contributed by atoms with Gasteiger partial charge >= 0.3 is 6.18 Å². The molecule has 3 heterocycles. The molecule has 0 bridgehead atoms. The van der Waals surface area contributed by atoms with Crippen LogP contribution in [0.1, 0.15) is 101 Å². The molecule has 2 saturated carbocycles. The molecule has 0 unspecified atom stereocenters. The van der Waals surface area contributed by atoms with Crippen LogP contribution in [-0.4, -0.2) is 83.1 Å². The van der Waals surface area contributed by atoms with E-state index in [4.69, 9.17) is 19.4 Å². The third kappa shape index (κ3) is 10.1. The summed E-state index contributed by atoms with van der Waals surface area (Å²) in [4.78, 5) is 54.8. The maximum Gasteiger partial charge on any atom is 0.416 e. The third-order valence-electron chi connectivity index (χ3n) is 13.0. The van der Waals surface area contributed by atoms with Crippen LogP contribution in [0.4, 0.5) is 18.9 Å². The third-order valence-corrected chi connectivity index (χ3v) is 16.0. The standard InChI is InChI=1S/C48H57F3N6O7S2/c1-8-10-11-12-13-14-35(52-32-17-15-31(16-18-32)48(49,50)51)44(59)57-26-33(23-38(57)42(58)55-47(25-30(47)9-2)45(60)56-66(61,62)46(6)21-22-46)64-40-24-36(43-54-37(27-65-43)28(3)4)53-41-29(5)39(63-7)20-19-34(40)41/h8-9,15-20,24,27-28,30,33,35,38,52H,1-2,10-14,21-23,25-26H2,3-7H3,(H,55,58)(H,56,60)/t30-,33-,35+,38+,47-/m1/s1. The molecular weight excluding hydrogens is 894 g/mol. The summed E-state index contributed by atoms with van der Waals surface area (Å²) in [7, 11) is -2.49. The molecule has 1 saturated heterocycles. The van der Waals surface area contributed by atoms with Gasteiger partial charge in [0.05, 0.1) is 35.2 Å². The minimum absolute atomic E-state index is 0.0280. The van der Waals surface area contributed by atoms with Crippen LogP contribution < -0.4 is 24.8 Å². The first-order chi connectivity index (χ1) is 31.2. The number of amides is 3. The highest BCUT2D eigenvalue weighted by molar-refractivity contribution is 7.91. The summed E-state index contributed by atoms with van der Waals surface area (Å²) < 4.78 is 80.5. The van der Waals surface area contributed by atoms with E-state index in [1.54, 1.807) is 32.2 Å². The molecule has 3 fully saturated rings. The number of anilines is 1. The SMILES string of the molecule is C=CCCCCC[C@H](Nc1ccc(C(F)(F)F)cc1)C(=O)N1C[C@H](Oc2cc(-c3nc(C(C)C)cs3)nc3c(C)c(OC)ccc23)C[C@H]1C(=O)N[C@]1(C(=O)NS(=O)(=O)C2(C)CC2)C[C@H]1C=C. The molecule has 7 rings (SSSR count). The first-order valence-corrected chi connectivity index (χ1v) is 24.6. The second-order valence-electron chi connectivity index (χ2n) is 18.1. The molecule has 13 nitrogen and oxygen atoms in total. The number of nitrogens with zero attached hydrogens (tertiary/aromatic N) is 3. The number of pyridine rings is 1. The highest BCUT2D eigenvalue weighted by Crippen LogP contribution is 2.47. The van der Waals surface area contributed by atoms with Crippen molar-refractivity contribution in [2.75, 3.05) is 19.0 Å². The minimum Gasteiger partial charge on any atom is -0.496 e. The summed E-state index contributed by atoms with van der Waals surface area (Å²) in [6.45, 7) is 15.0. The number of aryl methyl sites for hydroxylation is 1. The lowest BCUT2D eigenvalue weighted by Gasteiger charge is -2.30. The smallest absolute Gasteiger partial charge is 0.416 e. The van der Waals surface area contributed by atoms with Gasteiger partial charge in [0.15, 0.2) is 0 Å². The average molecular weight is 951 g/mol. The summed E-state index contributed by atoms with van der Waals surface area (Å²) in [6, 6.07) is 7.62. The van der Waals surface area contributed by atoms with Crippen molar-refractivity contribution in [1.82, 2.24) is 24.9 Å². The number of aromatic nitrogens is 2. The van der Waals surface area contributed by atoms with Gasteiger partial charge in [-0.1, -0.05) is 38.8 Å².